The molecule has 24 heavy (non-hydrogen) atoms. The summed E-state index contributed by atoms with van der Waals surface area (Å²) in [4.78, 5) is 2.50. The fourth-order valence-electron chi connectivity index (χ4n) is 5.90. The van der Waals surface area contributed by atoms with Gasteiger partial charge < -0.3 is 9.84 Å². The molecule has 1 N–H and O–H groups in total. The van der Waals surface area contributed by atoms with Crippen molar-refractivity contribution in [1.29, 1.82) is 0 Å². The van der Waals surface area contributed by atoms with E-state index in [2.05, 4.69) is 39.5 Å². The molecule has 0 aromatic carbocycles. The molecule has 2 saturated carbocycles. The molecule has 6 atom stereocenters. The van der Waals surface area contributed by atoms with E-state index < -0.39 is 0 Å². The van der Waals surface area contributed by atoms with Gasteiger partial charge in [0.15, 0.2) is 0 Å². The zero-order valence-corrected chi connectivity index (χ0v) is 16.6. The lowest BCUT2D eigenvalue weighted by atomic mass is 9.70. The Bertz CT molecular complexity index is 428. The zero-order valence-electron chi connectivity index (χ0n) is 16.6. The molecule has 2 aliphatic carbocycles. The van der Waals surface area contributed by atoms with Crippen molar-refractivity contribution in [2.45, 2.75) is 104 Å². The average Bonchev–Trinajstić information content (AvgIpc) is 2.84. The first-order valence-electron chi connectivity index (χ1n) is 10.3. The van der Waals surface area contributed by atoms with Crippen molar-refractivity contribution in [1.82, 2.24) is 4.90 Å². The molecule has 3 aliphatic rings. The Hall–Kier alpha value is -0.120. The summed E-state index contributed by atoms with van der Waals surface area (Å²) in [5.41, 5.74) is 0.744. The van der Waals surface area contributed by atoms with Crippen LogP contribution >= 0.6 is 0 Å². The molecule has 1 saturated heterocycles. The van der Waals surface area contributed by atoms with Crippen molar-refractivity contribution in [3.05, 3.63) is 0 Å². The Balaban J connectivity index is 1.44. The van der Waals surface area contributed by atoms with E-state index >= 15 is 0 Å². The van der Waals surface area contributed by atoms with Crippen LogP contribution in [0.5, 0.6) is 0 Å². The number of likely N-dealkylation sites (tertiary alicyclic amines) is 1. The molecule has 3 rings (SSSR count). The molecule has 0 unspecified atom stereocenters. The maximum atomic E-state index is 10.5. The van der Waals surface area contributed by atoms with Crippen molar-refractivity contribution in [3.63, 3.8) is 0 Å². The molecule has 3 fully saturated rings. The third-order valence-electron chi connectivity index (χ3n) is 8.28. The summed E-state index contributed by atoms with van der Waals surface area (Å²) in [6.45, 7) is 13.4. The Kier molecular flexibility index (Phi) is 5.36. The van der Waals surface area contributed by atoms with Crippen LogP contribution in [-0.4, -0.2) is 47.4 Å². The van der Waals surface area contributed by atoms with Crippen LogP contribution in [-0.2, 0) is 4.74 Å². The van der Waals surface area contributed by atoms with E-state index in [0.29, 0.717) is 35.6 Å². The SMILES string of the molecule is C[C@@H]1CCC[C@H](C)N1C[C@@H](O)CCO[C@H]1C[C@H]2CC[C@@]1(C)C2(C)C. The van der Waals surface area contributed by atoms with Crippen LogP contribution in [0.15, 0.2) is 0 Å². The minimum atomic E-state index is -0.257. The van der Waals surface area contributed by atoms with Gasteiger partial charge in [0.1, 0.15) is 0 Å². The molecule has 140 valence electrons. The molecule has 1 heterocycles. The van der Waals surface area contributed by atoms with Gasteiger partial charge >= 0.3 is 0 Å². The molecule has 0 aromatic heterocycles. The van der Waals surface area contributed by atoms with Crippen molar-refractivity contribution < 1.29 is 9.84 Å². The predicted molar refractivity (Wildman–Crippen MR) is 99.1 cm³/mol. The lowest BCUT2D eigenvalue weighted by molar-refractivity contribution is -0.0587. The fourth-order valence-corrected chi connectivity index (χ4v) is 5.90. The van der Waals surface area contributed by atoms with E-state index in [1.165, 1.54) is 38.5 Å². The van der Waals surface area contributed by atoms with Gasteiger partial charge in [0, 0.05) is 25.2 Å². The van der Waals surface area contributed by atoms with E-state index in [-0.39, 0.29) is 6.10 Å². The molecule has 3 nitrogen and oxygen atoms in total. The first-order valence-corrected chi connectivity index (χ1v) is 10.3. The first kappa shape index (κ1) is 18.7. The van der Waals surface area contributed by atoms with E-state index in [0.717, 1.165) is 18.9 Å². The van der Waals surface area contributed by atoms with E-state index in [1.54, 1.807) is 0 Å². The highest BCUT2D eigenvalue weighted by Crippen LogP contribution is 2.66. The van der Waals surface area contributed by atoms with Crippen LogP contribution in [0.2, 0.25) is 0 Å². The summed E-state index contributed by atoms with van der Waals surface area (Å²) in [6.07, 6.45) is 8.67. The summed E-state index contributed by atoms with van der Waals surface area (Å²) in [5.74, 6) is 0.826. The van der Waals surface area contributed by atoms with E-state index in [4.69, 9.17) is 4.74 Å². The van der Waals surface area contributed by atoms with Crippen LogP contribution in [0.4, 0.5) is 0 Å². The largest absolute Gasteiger partial charge is 0.392 e. The van der Waals surface area contributed by atoms with Crippen molar-refractivity contribution in [3.8, 4) is 0 Å². The van der Waals surface area contributed by atoms with Crippen molar-refractivity contribution >= 4 is 0 Å². The number of nitrogens with zero attached hydrogens (tertiary/aromatic N) is 1. The summed E-state index contributed by atoms with van der Waals surface area (Å²) in [7, 11) is 0. The van der Waals surface area contributed by atoms with Gasteiger partial charge in [-0.2, -0.15) is 0 Å². The topological polar surface area (TPSA) is 32.7 Å². The van der Waals surface area contributed by atoms with E-state index in [9.17, 15) is 5.11 Å². The number of ether oxygens (including phenoxy) is 1. The van der Waals surface area contributed by atoms with Gasteiger partial charge in [0.2, 0.25) is 0 Å². The molecule has 1 aliphatic heterocycles. The zero-order chi connectivity index (χ0) is 17.5. The van der Waals surface area contributed by atoms with Gasteiger partial charge in [-0.05, 0) is 69.1 Å². The molecule has 0 spiro atoms. The molecular formula is C21H39NO2. The molecule has 3 heteroatoms. The molecule has 0 radical (unpaired) electrons. The van der Waals surface area contributed by atoms with Crippen molar-refractivity contribution in [2.75, 3.05) is 13.2 Å². The fraction of sp³-hybridized carbons (Fsp3) is 1.00. The Labute approximate surface area is 149 Å². The Morgan fingerprint density at radius 1 is 1.12 bits per heavy atom. The highest BCUT2D eigenvalue weighted by atomic mass is 16.5. The van der Waals surface area contributed by atoms with Crippen LogP contribution < -0.4 is 0 Å². The average molecular weight is 338 g/mol. The van der Waals surface area contributed by atoms with Crippen LogP contribution in [0.25, 0.3) is 0 Å². The maximum Gasteiger partial charge on any atom is 0.0689 e. The second kappa shape index (κ2) is 6.89. The molecular weight excluding hydrogens is 298 g/mol. The third kappa shape index (κ3) is 3.17. The number of piperidine rings is 1. The predicted octanol–water partition coefficient (Wildman–Crippen LogP) is 4.23. The number of hydrogen-bond donors (Lipinski definition) is 1. The standard InChI is InChI=1S/C21H39NO2/c1-15-7-6-8-16(2)22(15)14-18(23)10-12-24-19-13-17-9-11-21(19,5)20(17,3)4/h15-19,23H,6-14H2,1-5H3/t15-,16+,17-,18+,19+,21-/m1/s1. The Morgan fingerprint density at radius 2 is 1.79 bits per heavy atom. The van der Waals surface area contributed by atoms with Gasteiger partial charge in [-0.1, -0.05) is 27.2 Å². The first-order chi connectivity index (χ1) is 11.3. The number of rotatable bonds is 6. The highest BCUT2D eigenvalue weighted by molar-refractivity contribution is 5.11. The Morgan fingerprint density at radius 3 is 2.33 bits per heavy atom. The minimum absolute atomic E-state index is 0.257. The van der Waals surface area contributed by atoms with Crippen LogP contribution in [0.1, 0.15) is 79.6 Å². The van der Waals surface area contributed by atoms with Gasteiger partial charge in [-0.25, -0.2) is 0 Å². The summed E-state index contributed by atoms with van der Waals surface area (Å²) < 4.78 is 6.31. The number of hydrogen-bond acceptors (Lipinski definition) is 3. The van der Waals surface area contributed by atoms with Gasteiger partial charge in [-0.15, -0.1) is 0 Å². The number of fused-ring (bicyclic) bond motifs is 2. The number of aliphatic hydroxyl groups is 1. The maximum absolute atomic E-state index is 10.5. The monoisotopic (exact) mass is 337 g/mol. The molecule has 0 aromatic rings. The lowest BCUT2D eigenvalue weighted by Crippen LogP contribution is -2.47. The second-order valence-electron chi connectivity index (χ2n) is 9.74. The normalized spacial score (nSPS) is 43.2. The minimum Gasteiger partial charge on any atom is -0.392 e. The van der Waals surface area contributed by atoms with Gasteiger partial charge in [0.05, 0.1) is 12.2 Å². The molecule has 2 bridgehead atoms. The van der Waals surface area contributed by atoms with Gasteiger partial charge in [0.25, 0.3) is 0 Å². The number of aliphatic hydroxyl groups excluding tert-OH is 1. The quantitative estimate of drug-likeness (QED) is 0.787. The number of β-amino-alcohol motifs (C(OH)–C–C–N with tert-alkyl or cyclic N) is 1. The summed E-state index contributed by atoms with van der Waals surface area (Å²) in [6, 6.07) is 1.21. The van der Waals surface area contributed by atoms with E-state index in [1.807, 2.05) is 0 Å². The smallest absolute Gasteiger partial charge is 0.0689 e. The highest BCUT2D eigenvalue weighted by Gasteiger charge is 2.61. The lowest BCUT2D eigenvalue weighted by Gasteiger charge is -2.40. The van der Waals surface area contributed by atoms with Crippen molar-refractivity contribution in [2.24, 2.45) is 16.7 Å². The summed E-state index contributed by atoms with van der Waals surface area (Å²) >= 11 is 0. The summed E-state index contributed by atoms with van der Waals surface area (Å²) in [5, 5.41) is 10.5. The second-order valence-corrected chi connectivity index (χ2v) is 9.74. The molecule has 0 amide bonds. The third-order valence-corrected chi connectivity index (χ3v) is 8.28. The van der Waals surface area contributed by atoms with Gasteiger partial charge in [-0.3, -0.25) is 4.90 Å². The van der Waals surface area contributed by atoms with Crippen LogP contribution in [0, 0.1) is 16.7 Å². The van der Waals surface area contributed by atoms with Crippen LogP contribution in [0.3, 0.4) is 0 Å².